The highest BCUT2D eigenvalue weighted by molar-refractivity contribution is 7.99. The zero-order valence-corrected chi connectivity index (χ0v) is 14.4. The number of nitrogens with zero attached hydrogens (tertiary/aromatic N) is 1. The van der Waals surface area contributed by atoms with Gasteiger partial charge in [-0.1, -0.05) is 23.7 Å². The van der Waals surface area contributed by atoms with Crippen LogP contribution in [0.25, 0.3) is 0 Å². The largest absolute Gasteiger partial charge is 0.481 e. The van der Waals surface area contributed by atoms with Crippen LogP contribution in [0.1, 0.15) is 17.9 Å². The van der Waals surface area contributed by atoms with Gasteiger partial charge in [0.05, 0.1) is 5.75 Å². The van der Waals surface area contributed by atoms with Crippen LogP contribution in [0, 0.1) is 5.92 Å². The summed E-state index contributed by atoms with van der Waals surface area (Å²) in [5.41, 5.74) is 1.32. The molecule has 1 saturated heterocycles. The van der Waals surface area contributed by atoms with Crippen molar-refractivity contribution < 1.29 is 9.90 Å². The number of hydrogen-bond donors (Lipinski definition) is 1. The summed E-state index contributed by atoms with van der Waals surface area (Å²) >= 11 is 7.47. The molecule has 2 rings (SSSR count). The molecule has 2 atom stereocenters. The molecule has 1 aromatic carbocycles. The lowest BCUT2D eigenvalue weighted by atomic mass is 9.81. The van der Waals surface area contributed by atoms with E-state index in [2.05, 4.69) is 24.1 Å². The first-order valence-corrected chi connectivity index (χ1v) is 8.33. The summed E-state index contributed by atoms with van der Waals surface area (Å²) in [6.45, 7) is 2.12. The minimum Gasteiger partial charge on any atom is -0.481 e. The Morgan fingerprint density at radius 3 is 2.71 bits per heavy atom. The molecule has 1 N–H and O–H groups in total. The Labute approximate surface area is 141 Å². The average molecular weight is 350 g/mol. The molecule has 1 aromatic rings. The van der Waals surface area contributed by atoms with Gasteiger partial charge in [0.25, 0.3) is 0 Å². The van der Waals surface area contributed by atoms with E-state index in [1.807, 2.05) is 12.1 Å². The second-order valence-electron chi connectivity index (χ2n) is 5.38. The molecule has 0 amide bonds. The SMILES string of the molecule is CN1CC[C@@H](c2ccc(Cl)cc2)[C@@H](CSCC(=O)O)C1.Cl. The van der Waals surface area contributed by atoms with Crippen LogP contribution in [-0.4, -0.2) is 47.6 Å². The van der Waals surface area contributed by atoms with E-state index in [-0.39, 0.29) is 18.2 Å². The molecule has 0 spiro atoms. The Morgan fingerprint density at radius 2 is 2.10 bits per heavy atom. The fourth-order valence-electron chi connectivity index (χ4n) is 2.83. The van der Waals surface area contributed by atoms with Crippen LogP contribution in [0.15, 0.2) is 24.3 Å². The molecule has 0 aromatic heterocycles. The van der Waals surface area contributed by atoms with Crippen molar-refractivity contribution in [3.8, 4) is 0 Å². The summed E-state index contributed by atoms with van der Waals surface area (Å²) in [5, 5.41) is 9.52. The summed E-state index contributed by atoms with van der Waals surface area (Å²) < 4.78 is 0. The molecule has 0 aliphatic carbocycles. The van der Waals surface area contributed by atoms with E-state index in [0.717, 1.165) is 30.3 Å². The molecule has 0 saturated carbocycles. The molecule has 118 valence electrons. The third-order valence-electron chi connectivity index (χ3n) is 3.79. The lowest BCUT2D eigenvalue weighted by Gasteiger charge is -2.37. The lowest BCUT2D eigenvalue weighted by molar-refractivity contribution is -0.133. The first-order chi connectivity index (χ1) is 9.56. The van der Waals surface area contributed by atoms with Crippen LogP contribution >= 0.6 is 35.8 Å². The predicted octanol–water partition coefficient (Wildman–Crippen LogP) is 3.61. The Bertz CT molecular complexity index is 455. The first-order valence-electron chi connectivity index (χ1n) is 6.80. The number of carboxylic acid groups (broad SMARTS) is 1. The van der Waals surface area contributed by atoms with E-state index in [1.54, 1.807) is 0 Å². The minimum atomic E-state index is -0.734. The summed E-state index contributed by atoms with van der Waals surface area (Å²) in [7, 11) is 2.13. The molecule has 1 aliphatic rings. The normalized spacial score (nSPS) is 22.6. The van der Waals surface area contributed by atoms with E-state index >= 15 is 0 Å². The predicted molar refractivity (Wildman–Crippen MR) is 92.0 cm³/mol. The fourth-order valence-corrected chi connectivity index (χ4v) is 3.89. The van der Waals surface area contributed by atoms with Gasteiger partial charge in [-0.15, -0.1) is 24.2 Å². The Balaban J connectivity index is 0.00000220. The lowest BCUT2D eigenvalue weighted by Crippen LogP contribution is -2.38. The van der Waals surface area contributed by atoms with Crippen LogP contribution in [0.5, 0.6) is 0 Å². The maximum atomic E-state index is 10.6. The standard InChI is InChI=1S/C15H20ClNO2S.ClH/c1-17-7-6-14(11-2-4-13(16)5-3-11)12(8-17)9-20-10-15(18)19;/h2-5,12,14H,6-10H2,1H3,(H,18,19);1H/t12-,14+;/m1./s1. The van der Waals surface area contributed by atoms with E-state index in [9.17, 15) is 4.79 Å². The Kier molecular flexibility index (Phi) is 7.88. The van der Waals surface area contributed by atoms with Gasteiger partial charge in [-0.2, -0.15) is 0 Å². The number of carboxylic acids is 1. The smallest absolute Gasteiger partial charge is 0.313 e. The number of thioether (sulfide) groups is 1. The van der Waals surface area contributed by atoms with Gasteiger partial charge in [0.15, 0.2) is 0 Å². The number of aliphatic carboxylic acids is 1. The topological polar surface area (TPSA) is 40.5 Å². The van der Waals surface area contributed by atoms with E-state index in [0.29, 0.717) is 11.8 Å². The van der Waals surface area contributed by atoms with Crippen molar-refractivity contribution >= 4 is 41.7 Å². The summed E-state index contributed by atoms with van der Waals surface area (Å²) in [4.78, 5) is 13.0. The van der Waals surface area contributed by atoms with Crippen molar-refractivity contribution in [2.24, 2.45) is 5.92 Å². The van der Waals surface area contributed by atoms with Crippen molar-refractivity contribution in [3.63, 3.8) is 0 Å². The summed E-state index contributed by atoms with van der Waals surface area (Å²) in [5.74, 6) is 1.35. The average Bonchev–Trinajstić information content (AvgIpc) is 2.40. The molecule has 6 heteroatoms. The van der Waals surface area contributed by atoms with Crippen LogP contribution in [0.4, 0.5) is 0 Å². The van der Waals surface area contributed by atoms with E-state index < -0.39 is 5.97 Å². The molecule has 0 bridgehead atoms. The van der Waals surface area contributed by atoms with Gasteiger partial charge in [-0.25, -0.2) is 0 Å². The van der Waals surface area contributed by atoms with Crippen molar-refractivity contribution in [1.82, 2.24) is 4.90 Å². The number of rotatable bonds is 5. The molecule has 1 aliphatic heterocycles. The molecule has 1 heterocycles. The second-order valence-corrected chi connectivity index (χ2v) is 6.84. The van der Waals surface area contributed by atoms with E-state index in [4.69, 9.17) is 16.7 Å². The quantitative estimate of drug-likeness (QED) is 0.881. The van der Waals surface area contributed by atoms with Crippen LogP contribution < -0.4 is 0 Å². The summed E-state index contributed by atoms with van der Waals surface area (Å²) in [6, 6.07) is 8.09. The number of benzene rings is 1. The zero-order valence-electron chi connectivity index (χ0n) is 12.0. The zero-order chi connectivity index (χ0) is 14.5. The van der Waals surface area contributed by atoms with Gasteiger partial charge in [0.1, 0.15) is 0 Å². The van der Waals surface area contributed by atoms with Crippen LogP contribution in [0.3, 0.4) is 0 Å². The van der Waals surface area contributed by atoms with E-state index in [1.165, 1.54) is 17.3 Å². The highest BCUT2D eigenvalue weighted by Gasteiger charge is 2.28. The molecular formula is C15H21Cl2NO2S. The Hall–Kier alpha value is -0.420. The third kappa shape index (κ3) is 5.70. The van der Waals surface area contributed by atoms with Crippen LogP contribution in [0.2, 0.25) is 5.02 Å². The first kappa shape index (κ1) is 18.6. The number of piperidine rings is 1. The molecule has 0 radical (unpaired) electrons. The van der Waals surface area contributed by atoms with Gasteiger partial charge >= 0.3 is 5.97 Å². The molecule has 21 heavy (non-hydrogen) atoms. The molecular weight excluding hydrogens is 329 g/mol. The monoisotopic (exact) mass is 349 g/mol. The fraction of sp³-hybridized carbons (Fsp3) is 0.533. The van der Waals surface area contributed by atoms with Gasteiger partial charge < -0.3 is 10.0 Å². The maximum absolute atomic E-state index is 10.6. The second kappa shape index (κ2) is 8.89. The molecule has 0 unspecified atom stereocenters. The van der Waals surface area contributed by atoms with Crippen molar-refractivity contribution in [3.05, 3.63) is 34.9 Å². The van der Waals surface area contributed by atoms with Gasteiger partial charge in [-0.05, 0) is 55.3 Å². The van der Waals surface area contributed by atoms with Crippen molar-refractivity contribution in [1.29, 1.82) is 0 Å². The number of likely N-dealkylation sites (tertiary alicyclic amines) is 1. The van der Waals surface area contributed by atoms with Crippen LogP contribution in [-0.2, 0) is 4.79 Å². The molecule has 1 fully saturated rings. The minimum absolute atomic E-state index is 0. The number of hydrogen-bond acceptors (Lipinski definition) is 3. The Morgan fingerprint density at radius 1 is 1.43 bits per heavy atom. The highest BCUT2D eigenvalue weighted by atomic mass is 35.5. The summed E-state index contributed by atoms with van der Waals surface area (Å²) in [6.07, 6.45) is 1.12. The van der Waals surface area contributed by atoms with Gasteiger partial charge in [-0.3, -0.25) is 4.79 Å². The van der Waals surface area contributed by atoms with Gasteiger partial charge in [0.2, 0.25) is 0 Å². The number of halogens is 2. The molecule has 3 nitrogen and oxygen atoms in total. The maximum Gasteiger partial charge on any atom is 0.313 e. The highest BCUT2D eigenvalue weighted by Crippen LogP contribution is 2.35. The number of carbonyl (C=O) groups is 1. The van der Waals surface area contributed by atoms with Crippen molar-refractivity contribution in [2.75, 3.05) is 31.6 Å². The third-order valence-corrected chi connectivity index (χ3v) is 5.16. The van der Waals surface area contributed by atoms with Crippen molar-refractivity contribution in [2.45, 2.75) is 12.3 Å². The van der Waals surface area contributed by atoms with Gasteiger partial charge in [0, 0.05) is 11.6 Å².